The molecule has 0 saturated carbocycles. The first-order valence-electron chi connectivity index (χ1n) is 2.54. The number of carbonyl (C=O) groups excluding carboxylic acids is 1. The van der Waals surface area contributed by atoms with Gasteiger partial charge in [-0.1, -0.05) is 6.08 Å². The van der Waals surface area contributed by atoms with Crippen LogP contribution < -0.4 is 5.73 Å². The highest BCUT2D eigenvalue weighted by Crippen LogP contribution is 1.91. The van der Waals surface area contributed by atoms with Gasteiger partial charge in [-0.05, 0) is 13.0 Å². The lowest BCUT2D eigenvalue weighted by Crippen LogP contribution is -2.05. The second kappa shape index (κ2) is 3.67. The Balaban J connectivity index is 3.74. The Bertz CT molecular complexity index is 166. The van der Waals surface area contributed by atoms with Crippen LogP contribution in [0, 0.1) is 17.2 Å². The van der Waals surface area contributed by atoms with Crippen molar-refractivity contribution in [2.24, 2.45) is 11.7 Å². The van der Waals surface area contributed by atoms with Gasteiger partial charge in [0.25, 0.3) is 0 Å². The van der Waals surface area contributed by atoms with Crippen molar-refractivity contribution >= 4 is 5.91 Å². The van der Waals surface area contributed by atoms with E-state index in [1.165, 1.54) is 12.2 Å². The fourth-order valence-electron chi connectivity index (χ4n) is 0.282. The van der Waals surface area contributed by atoms with Gasteiger partial charge in [0.2, 0.25) is 5.91 Å². The number of amides is 1. The molecule has 0 spiro atoms. The SMILES string of the molecule is CC(C#N)C=CC(N)=O. The van der Waals surface area contributed by atoms with E-state index >= 15 is 0 Å². The average molecular weight is 124 g/mol. The number of nitriles is 1. The van der Waals surface area contributed by atoms with Crippen molar-refractivity contribution in [2.75, 3.05) is 0 Å². The zero-order chi connectivity index (χ0) is 7.28. The lowest BCUT2D eigenvalue weighted by atomic mass is 10.2. The Kier molecular flexibility index (Phi) is 3.14. The summed E-state index contributed by atoms with van der Waals surface area (Å²) in [4.78, 5) is 10.0. The zero-order valence-corrected chi connectivity index (χ0v) is 5.16. The molecule has 0 radical (unpaired) electrons. The standard InChI is InChI=1S/C6H8N2O/c1-5(4-7)2-3-6(8)9/h2-3,5H,1H3,(H2,8,9). The number of allylic oxidation sites excluding steroid dienone is 1. The average Bonchev–Trinajstić information content (AvgIpc) is 1.83. The van der Waals surface area contributed by atoms with E-state index in [2.05, 4.69) is 0 Å². The minimum Gasteiger partial charge on any atom is -0.366 e. The lowest BCUT2D eigenvalue weighted by Gasteiger charge is -1.86. The summed E-state index contributed by atoms with van der Waals surface area (Å²) in [5, 5.41) is 8.19. The van der Waals surface area contributed by atoms with Crippen LogP contribution in [-0.2, 0) is 4.79 Å². The molecule has 0 aliphatic heterocycles. The van der Waals surface area contributed by atoms with E-state index in [4.69, 9.17) is 11.0 Å². The minimum atomic E-state index is -0.517. The van der Waals surface area contributed by atoms with Crippen molar-refractivity contribution in [1.29, 1.82) is 5.26 Å². The number of nitrogens with zero attached hydrogens (tertiary/aromatic N) is 1. The molecule has 0 aliphatic carbocycles. The monoisotopic (exact) mass is 124 g/mol. The Morgan fingerprint density at radius 3 is 2.78 bits per heavy atom. The minimum absolute atomic E-state index is 0.238. The maximum Gasteiger partial charge on any atom is 0.241 e. The van der Waals surface area contributed by atoms with E-state index in [1.54, 1.807) is 6.92 Å². The molecule has 0 aromatic carbocycles. The van der Waals surface area contributed by atoms with Gasteiger partial charge in [-0.15, -0.1) is 0 Å². The van der Waals surface area contributed by atoms with Crippen LogP contribution in [0.2, 0.25) is 0 Å². The molecule has 0 bridgehead atoms. The zero-order valence-electron chi connectivity index (χ0n) is 5.16. The Hall–Kier alpha value is -1.30. The summed E-state index contributed by atoms with van der Waals surface area (Å²) in [6.07, 6.45) is 2.65. The number of nitrogens with two attached hydrogens (primary N) is 1. The third-order valence-corrected chi connectivity index (χ3v) is 0.753. The van der Waals surface area contributed by atoms with Gasteiger partial charge in [-0.2, -0.15) is 5.26 Å². The number of carbonyl (C=O) groups is 1. The first-order chi connectivity index (χ1) is 4.16. The quantitative estimate of drug-likeness (QED) is 0.534. The normalized spacial score (nSPS) is 12.9. The molecule has 0 fully saturated rings. The van der Waals surface area contributed by atoms with Crippen LogP contribution in [0.1, 0.15) is 6.92 Å². The molecular formula is C6H8N2O. The third-order valence-electron chi connectivity index (χ3n) is 0.753. The van der Waals surface area contributed by atoms with Crippen molar-refractivity contribution < 1.29 is 4.79 Å². The van der Waals surface area contributed by atoms with E-state index in [-0.39, 0.29) is 5.92 Å². The molecule has 48 valence electrons. The van der Waals surface area contributed by atoms with Crippen LogP contribution in [0.3, 0.4) is 0 Å². The topological polar surface area (TPSA) is 66.9 Å². The molecule has 3 nitrogen and oxygen atoms in total. The van der Waals surface area contributed by atoms with Crippen LogP contribution in [0.5, 0.6) is 0 Å². The first-order valence-corrected chi connectivity index (χ1v) is 2.54. The van der Waals surface area contributed by atoms with E-state index in [9.17, 15) is 4.79 Å². The van der Waals surface area contributed by atoms with Gasteiger partial charge < -0.3 is 5.73 Å². The molecule has 0 aliphatic rings. The van der Waals surface area contributed by atoms with Crippen LogP contribution in [0.25, 0.3) is 0 Å². The van der Waals surface area contributed by atoms with Crippen LogP contribution >= 0.6 is 0 Å². The summed E-state index contributed by atoms with van der Waals surface area (Å²) >= 11 is 0. The number of rotatable bonds is 2. The van der Waals surface area contributed by atoms with Gasteiger partial charge in [0.15, 0.2) is 0 Å². The van der Waals surface area contributed by atoms with Crippen molar-refractivity contribution in [3.8, 4) is 6.07 Å². The van der Waals surface area contributed by atoms with Gasteiger partial charge in [-0.25, -0.2) is 0 Å². The van der Waals surface area contributed by atoms with Crippen molar-refractivity contribution in [3.63, 3.8) is 0 Å². The van der Waals surface area contributed by atoms with Crippen LogP contribution in [-0.4, -0.2) is 5.91 Å². The predicted molar refractivity (Wildman–Crippen MR) is 33.1 cm³/mol. The third kappa shape index (κ3) is 4.56. The number of primary amides is 1. The highest BCUT2D eigenvalue weighted by atomic mass is 16.1. The molecule has 1 atom stereocenters. The molecule has 9 heavy (non-hydrogen) atoms. The first kappa shape index (κ1) is 7.70. The second-order valence-corrected chi connectivity index (χ2v) is 1.68. The van der Waals surface area contributed by atoms with Gasteiger partial charge >= 0.3 is 0 Å². The Morgan fingerprint density at radius 2 is 2.44 bits per heavy atom. The van der Waals surface area contributed by atoms with Gasteiger partial charge in [-0.3, -0.25) is 4.79 Å². The van der Waals surface area contributed by atoms with Gasteiger partial charge in [0, 0.05) is 0 Å². The Morgan fingerprint density at radius 1 is 1.89 bits per heavy atom. The molecule has 2 N–H and O–H groups in total. The fourth-order valence-corrected chi connectivity index (χ4v) is 0.282. The van der Waals surface area contributed by atoms with E-state index in [0.717, 1.165) is 0 Å². The summed E-state index contributed by atoms with van der Waals surface area (Å²) in [5.74, 6) is -0.755. The molecule has 0 aromatic heterocycles. The summed E-state index contributed by atoms with van der Waals surface area (Å²) in [7, 11) is 0. The summed E-state index contributed by atoms with van der Waals surface area (Å²) < 4.78 is 0. The van der Waals surface area contributed by atoms with E-state index < -0.39 is 5.91 Å². The number of hydrogen-bond acceptors (Lipinski definition) is 2. The van der Waals surface area contributed by atoms with E-state index in [0.29, 0.717) is 0 Å². The molecule has 0 rings (SSSR count). The van der Waals surface area contributed by atoms with Crippen molar-refractivity contribution in [1.82, 2.24) is 0 Å². The molecule has 1 amide bonds. The molecular weight excluding hydrogens is 116 g/mol. The van der Waals surface area contributed by atoms with Crippen LogP contribution in [0.4, 0.5) is 0 Å². The highest BCUT2D eigenvalue weighted by Gasteiger charge is 1.90. The second-order valence-electron chi connectivity index (χ2n) is 1.68. The van der Waals surface area contributed by atoms with Crippen LogP contribution in [0.15, 0.2) is 12.2 Å². The largest absolute Gasteiger partial charge is 0.366 e. The molecule has 3 heteroatoms. The van der Waals surface area contributed by atoms with Gasteiger partial charge in [0.1, 0.15) is 0 Å². The van der Waals surface area contributed by atoms with E-state index in [1.807, 2.05) is 6.07 Å². The van der Waals surface area contributed by atoms with Gasteiger partial charge in [0.05, 0.1) is 12.0 Å². The maximum atomic E-state index is 10.0. The summed E-state index contributed by atoms with van der Waals surface area (Å²) in [6, 6.07) is 1.93. The highest BCUT2D eigenvalue weighted by molar-refractivity contribution is 5.85. The van der Waals surface area contributed by atoms with Crippen molar-refractivity contribution in [3.05, 3.63) is 12.2 Å². The van der Waals surface area contributed by atoms with Crippen molar-refractivity contribution in [2.45, 2.75) is 6.92 Å². The Labute approximate surface area is 53.8 Å². The molecule has 0 heterocycles. The fraction of sp³-hybridized carbons (Fsp3) is 0.333. The molecule has 1 unspecified atom stereocenters. The number of hydrogen-bond donors (Lipinski definition) is 1. The lowest BCUT2D eigenvalue weighted by molar-refractivity contribution is -0.113. The molecule has 0 saturated heterocycles. The summed E-state index contributed by atoms with van der Waals surface area (Å²) in [6.45, 7) is 1.68. The maximum absolute atomic E-state index is 10.0. The predicted octanol–water partition coefficient (Wildman–Crippen LogP) is 0.188. The smallest absolute Gasteiger partial charge is 0.241 e. The summed E-state index contributed by atoms with van der Waals surface area (Å²) in [5.41, 5.74) is 4.76. The molecule has 0 aromatic rings.